The lowest BCUT2D eigenvalue weighted by atomic mass is 10.2. The first-order chi connectivity index (χ1) is 9.40. The summed E-state index contributed by atoms with van der Waals surface area (Å²) >= 11 is 0. The molecule has 0 amide bonds. The summed E-state index contributed by atoms with van der Waals surface area (Å²) in [5.41, 5.74) is 1.62. The van der Waals surface area contributed by atoms with Crippen LogP contribution in [0.15, 0.2) is 41.1 Å². The third kappa shape index (κ3) is 1.65. The number of rotatable bonds is 2. The van der Waals surface area contributed by atoms with Gasteiger partial charge in [-0.25, -0.2) is 0 Å². The molecule has 6 heteroatoms. The molecule has 3 heterocycles. The van der Waals surface area contributed by atoms with E-state index in [-0.39, 0.29) is 6.79 Å². The fourth-order valence-electron chi connectivity index (χ4n) is 1.95. The maximum absolute atomic E-state index is 5.33. The summed E-state index contributed by atoms with van der Waals surface area (Å²) in [7, 11) is 0. The van der Waals surface area contributed by atoms with E-state index in [9.17, 15) is 0 Å². The van der Waals surface area contributed by atoms with E-state index >= 15 is 0 Å². The number of aromatic nitrogens is 3. The van der Waals surface area contributed by atoms with Crippen LogP contribution in [0.25, 0.3) is 23.0 Å². The summed E-state index contributed by atoms with van der Waals surface area (Å²) in [6, 6.07) is 9.29. The van der Waals surface area contributed by atoms with E-state index in [1.54, 1.807) is 6.20 Å². The van der Waals surface area contributed by atoms with Gasteiger partial charge in [0.2, 0.25) is 12.6 Å². The van der Waals surface area contributed by atoms with Crippen molar-refractivity contribution in [1.82, 2.24) is 15.1 Å². The third-order valence-electron chi connectivity index (χ3n) is 2.89. The van der Waals surface area contributed by atoms with Crippen molar-refractivity contribution in [2.75, 3.05) is 6.79 Å². The highest BCUT2D eigenvalue weighted by Crippen LogP contribution is 2.35. The molecule has 0 fully saturated rings. The normalized spacial score (nSPS) is 12.8. The maximum Gasteiger partial charge on any atom is 0.274 e. The van der Waals surface area contributed by atoms with Crippen molar-refractivity contribution in [2.45, 2.75) is 0 Å². The Hall–Kier alpha value is -2.76. The van der Waals surface area contributed by atoms with Gasteiger partial charge in [0.25, 0.3) is 5.89 Å². The number of nitrogens with one attached hydrogen (secondary N) is 1. The second kappa shape index (κ2) is 3.88. The van der Waals surface area contributed by atoms with E-state index < -0.39 is 0 Å². The van der Waals surface area contributed by atoms with Crippen LogP contribution in [0.1, 0.15) is 0 Å². The molecule has 0 atom stereocenters. The Morgan fingerprint density at radius 3 is 2.95 bits per heavy atom. The third-order valence-corrected chi connectivity index (χ3v) is 2.89. The van der Waals surface area contributed by atoms with Gasteiger partial charge < -0.3 is 19.0 Å². The molecule has 0 bridgehead atoms. The molecular formula is C13H9N3O3. The minimum atomic E-state index is 0.249. The Morgan fingerprint density at radius 2 is 2.05 bits per heavy atom. The molecule has 6 nitrogen and oxygen atoms in total. The molecule has 1 aromatic carbocycles. The van der Waals surface area contributed by atoms with E-state index in [4.69, 9.17) is 14.0 Å². The van der Waals surface area contributed by atoms with Crippen molar-refractivity contribution in [3.05, 3.63) is 36.5 Å². The first-order valence-electron chi connectivity index (χ1n) is 5.78. The lowest BCUT2D eigenvalue weighted by Gasteiger charge is -1.97. The van der Waals surface area contributed by atoms with Crippen molar-refractivity contribution in [1.29, 1.82) is 0 Å². The van der Waals surface area contributed by atoms with Gasteiger partial charge in [-0.15, -0.1) is 0 Å². The van der Waals surface area contributed by atoms with Crippen molar-refractivity contribution in [2.24, 2.45) is 0 Å². The number of ether oxygens (including phenoxy) is 2. The van der Waals surface area contributed by atoms with Crippen molar-refractivity contribution in [3.8, 4) is 34.5 Å². The fourth-order valence-corrected chi connectivity index (χ4v) is 1.95. The molecule has 1 aliphatic rings. The predicted octanol–water partition coefficient (Wildman–Crippen LogP) is 2.46. The van der Waals surface area contributed by atoms with Gasteiger partial charge in [-0.1, -0.05) is 5.16 Å². The standard InChI is InChI=1S/C13H9N3O3/c1-2-9(14-5-1)13-15-12(16-19-13)8-3-4-10-11(6-8)18-7-17-10/h1-6,14H,7H2. The number of H-pyrrole nitrogens is 1. The zero-order valence-electron chi connectivity index (χ0n) is 9.79. The Bertz CT molecular complexity index is 719. The Balaban J connectivity index is 1.73. The average molecular weight is 255 g/mol. The zero-order chi connectivity index (χ0) is 12.7. The quantitative estimate of drug-likeness (QED) is 0.761. The molecule has 0 unspecified atom stereocenters. The minimum absolute atomic E-state index is 0.249. The van der Waals surface area contributed by atoms with Gasteiger partial charge in [-0.2, -0.15) is 4.98 Å². The SMILES string of the molecule is c1c[nH]c(-c2nc(-c3ccc4c(c3)OCO4)no2)c1. The van der Waals surface area contributed by atoms with Gasteiger partial charge in [-0.3, -0.25) is 0 Å². The lowest BCUT2D eigenvalue weighted by Crippen LogP contribution is -1.92. The van der Waals surface area contributed by atoms with Crippen LogP contribution >= 0.6 is 0 Å². The average Bonchev–Trinajstić information content (AvgIpc) is 3.18. The number of hydrogen-bond donors (Lipinski definition) is 1. The molecule has 1 aliphatic heterocycles. The molecule has 0 spiro atoms. The molecule has 2 aromatic heterocycles. The first-order valence-corrected chi connectivity index (χ1v) is 5.78. The van der Waals surface area contributed by atoms with Crippen molar-refractivity contribution < 1.29 is 14.0 Å². The van der Waals surface area contributed by atoms with Crippen LogP contribution in [0, 0.1) is 0 Å². The van der Waals surface area contributed by atoms with Crippen LogP contribution in [0.2, 0.25) is 0 Å². The number of hydrogen-bond acceptors (Lipinski definition) is 5. The number of benzene rings is 1. The summed E-state index contributed by atoms with van der Waals surface area (Å²) in [5.74, 6) is 2.40. The van der Waals surface area contributed by atoms with Crippen LogP contribution in [0.5, 0.6) is 11.5 Å². The largest absolute Gasteiger partial charge is 0.454 e. The number of aromatic amines is 1. The minimum Gasteiger partial charge on any atom is -0.454 e. The highest BCUT2D eigenvalue weighted by atomic mass is 16.7. The Kier molecular flexibility index (Phi) is 2.08. The lowest BCUT2D eigenvalue weighted by molar-refractivity contribution is 0.174. The summed E-state index contributed by atoms with van der Waals surface area (Å²) < 4.78 is 15.8. The smallest absolute Gasteiger partial charge is 0.274 e. The van der Waals surface area contributed by atoms with Gasteiger partial charge in [0.1, 0.15) is 5.69 Å². The van der Waals surface area contributed by atoms with Gasteiger partial charge >= 0.3 is 0 Å². The predicted molar refractivity (Wildman–Crippen MR) is 65.6 cm³/mol. The topological polar surface area (TPSA) is 73.2 Å². The van der Waals surface area contributed by atoms with Gasteiger partial charge in [0.05, 0.1) is 0 Å². The highest BCUT2D eigenvalue weighted by molar-refractivity contribution is 5.62. The Labute approximate surface area is 108 Å². The molecule has 4 rings (SSSR count). The molecular weight excluding hydrogens is 246 g/mol. The monoisotopic (exact) mass is 255 g/mol. The van der Waals surface area contributed by atoms with Crippen LogP contribution in [-0.2, 0) is 0 Å². The molecule has 94 valence electrons. The molecule has 0 aliphatic carbocycles. The van der Waals surface area contributed by atoms with Gasteiger partial charge in [0, 0.05) is 11.8 Å². The van der Waals surface area contributed by atoms with E-state index in [2.05, 4.69) is 15.1 Å². The maximum atomic E-state index is 5.33. The summed E-state index contributed by atoms with van der Waals surface area (Å²) in [5, 5.41) is 3.97. The number of nitrogens with zero attached hydrogens (tertiary/aromatic N) is 2. The molecule has 0 saturated carbocycles. The van der Waals surface area contributed by atoms with Crippen LogP contribution in [-0.4, -0.2) is 21.9 Å². The molecule has 1 N–H and O–H groups in total. The van der Waals surface area contributed by atoms with Crippen LogP contribution in [0.4, 0.5) is 0 Å². The van der Waals surface area contributed by atoms with E-state index in [1.807, 2.05) is 30.3 Å². The highest BCUT2D eigenvalue weighted by Gasteiger charge is 2.17. The second-order valence-corrected chi connectivity index (χ2v) is 4.07. The number of fused-ring (bicyclic) bond motifs is 1. The fraction of sp³-hybridized carbons (Fsp3) is 0.0769. The van der Waals surface area contributed by atoms with Crippen molar-refractivity contribution >= 4 is 0 Å². The zero-order valence-corrected chi connectivity index (χ0v) is 9.79. The summed E-state index contributed by atoms with van der Waals surface area (Å²) in [6.07, 6.45) is 1.81. The Morgan fingerprint density at radius 1 is 1.11 bits per heavy atom. The van der Waals surface area contributed by atoms with Crippen LogP contribution in [0.3, 0.4) is 0 Å². The second-order valence-electron chi connectivity index (χ2n) is 4.07. The molecule has 19 heavy (non-hydrogen) atoms. The molecule has 0 radical (unpaired) electrons. The van der Waals surface area contributed by atoms with Crippen molar-refractivity contribution in [3.63, 3.8) is 0 Å². The summed E-state index contributed by atoms with van der Waals surface area (Å²) in [4.78, 5) is 7.36. The van der Waals surface area contributed by atoms with E-state index in [0.717, 1.165) is 17.0 Å². The van der Waals surface area contributed by atoms with E-state index in [0.29, 0.717) is 17.5 Å². The van der Waals surface area contributed by atoms with E-state index in [1.165, 1.54) is 0 Å². The summed E-state index contributed by atoms with van der Waals surface area (Å²) in [6.45, 7) is 0.249. The van der Waals surface area contributed by atoms with Gasteiger partial charge in [-0.05, 0) is 30.3 Å². The van der Waals surface area contributed by atoms with Crippen LogP contribution < -0.4 is 9.47 Å². The first kappa shape index (κ1) is 10.2. The molecule has 3 aromatic rings. The van der Waals surface area contributed by atoms with Gasteiger partial charge in [0.15, 0.2) is 11.5 Å². The molecule has 0 saturated heterocycles.